The number of benzene rings is 2. The van der Waals surface area contributed by atoms with Crippen LogP contribution in [0.1, 0.15) is 11.1 Å². The summed E-state index contributed by atoms with van der Waals surface area (Å²) in [6.45, 7) is 0.933. The van der Waals surface area contributed by atoms with Crippen LogP contribution in [0.25, 0.3) is 0 Å². The van der Waals surface area contributed by atoms with Gasteiger partial charge >= 0.3 is 0 Å². The molecule has 32 heavy (non-hydrogen) atoms. The average Bonchev–Trinajstić information content (AvgIpc) is 2.81. The van der Waals surface area contributed by atoms with Crippen molar-refractivity contribution < 1.29 is 18.6 Å². The zero-order valence-corrected chi connectivity index (χ0v) is 20.4. The second-order valence-electron chi connectivity index (χ2n) is 6.52. The van der Waals surface area contributed by atoms with E-state index in [4.69, 9.17) is 14.2 Å². The molecule has 0 fully saturated rings. The first kappa shape index (κ1) is 25.2. The Hall–Kier alpha value is -3.08. The first-order valence-electron chi connectivity index (χ1n) is 9.64. The Morgan fingerprint density at radius 1 is 0.938 bits per heavy atom. The lowest BCUT2D eigenvalue weighted by Gasteiger charge is -2.14. The molecule has 170 valence electrons. The molecule has 0 saturated heterocycles. The highest BCUT2D eigenvalue weighted by Crippen LogP contribution is 2.27. The molecule has 0 unspecified atom stereocenters. The van der Waals surface area contributed by atoms with Crippen molar-refractivity contribution in [2.24, 2.45) is 4.99 Å². The number of nitrogens with zero attached hydrogens (tertiary/aromatic N) is 2. The largest absolute Gasteiger partial charge is 0.493 e. The van der Waals surface area contributed by atoms with E-state index in [0.29, 0.717) is 36.3 Å². The molecule has 1 heterocycles. The molecule has 0 spiro atoms. The van der Waals surface area contributed by atoms with Crippen LogP contribution in [0.3, 0.4) is 0 Å². The molecule has 0 saturated carbocycles. The minimum atomic E-state index is -0.448. The van der Waals surface area contributed by atoms with Crippen LogP contribution >= 0.6 is 24.0 Å². The molecule has 0 aliphatic rings. The standard InChI is InChI=1S/C23H25FN4O3.HI/c1-25-23(28-14-17-7-9-21(29-2)22(12-17)30-3)27-13-16-6-8-20(19(24)11-16)31-18-5-4-10-26-15-18;/h4-12,15H,13-14H2,1-3H3,(H2,25,27,28);1H. The minimum Gasteiger partial charge on any atom is -0.493 e. The topological polar surface area (TPSA) is 77.0 Å². The van der Waals surface area contributed by atoms with Gasteiger partial charge in [-0.25, -0.2) is 4.39 Å². The van der Waals surface area contributed by atoms with Gasteiger partial charge in [0.05, 0.1) is 20.4 Å². The number of rotatable bonds is 8. The Morgan fingerprint density at radius 2 is 1.59 bits per heavy atom. The van der Waals surface area contributed by atoms with Gasteiger partial charge in [0, 0.05) is 26.3 Å². The predicted molar refractivity (Wildman–Crippen MR) is 133 cm³/mol. The van der Waals surface area contributed by atoms with Crippen LogP contribution in [-0.2, 0) is 13.1 Å². The number of hydrogen-bond donors (Lipinski definition) is 2. The number of aliphatic imine (C=N–C) groups is 1. The smallest absolute Gasteiger partial charge is 0.191 e. The Morgan fingerprint density at radius 3 is 2.16 bits per heavy atom. The molecule has 0 aliphatic carbocycles. The summed E-state index contributed by atoms with van der Waals surface area (Å²) in [5.74, 6) is 2.10. The minimum absolute atomic E-state index is 0. The molecule has 1 aromatic heterocycles. The monoisotopic (exact) mass is 552 g/mol. The maximum Gasteiger partial charge on any atom is 0.191 e. The Kier molecular flexibility index (Phi) is 9.99. The fourth-order valence-electron chi connectivity index (χ4n) is 2.85. The number of hydrogen-bond acceptors (Lipinski definition) is 5. The summed E-state index contributed by atoms with van der Waals surface area (Å²) in [5.41, 5.74) is 1.76. The first-order chi connectivity index (χ1) is 15.1. The van der Waals surface area contributed by atoms with Gasteiger partial charge in [-0.2, -0.15) is 0 Å². The number of methoxy groups -OCH3 is 2. The quantitative estimate of drug-likeness (QED) is 0.243. The lowest BCUT2D eigenvalue weighted by atomic mass is 10.2. The van der Waals surface area contributed by atoms with Crippen LogP contribution in [0, 0.1) is 5.82 Å². The number of halogens is 2. The highest BCUT2D eigenvalue weighted by molar-refractivity contribution is 14.0. The van der Waals surface area contributed by atoms with Crippen molar-refractivity contribution in [3.63, 3.8) is 0 Å². The highest BCUT2D eigenvalue weighted by atomic mass is 127. The molecule has 0 amide bonds. The van der Waals surface area contributed by atoms with Gasteiger partial charge in [-0.1, -0.05) is 12.1 Å². The summed E-state index contributed by atoms with van der Waals surface area (Å²) in [5, 5.41) is 6.39. The molecule has 2 aromatic carbocycles. The van der Waals surface area contributed by atoms with Crippen LogP contribution in [0.5, 0.6) is 23.0 Å². The van der Waals surface area contributed by atoms with Gasteiger partial charge in [-0.15, -0.1) is 24.0 Å². The second-order valence-corrected chi connectivity index (χ2v) is 6.52. The molecular weight excluding hydrogens is 526 g/mol. The number of nitrogens with one attached hydrogen (secondary N) is 2. The van der Waals surface area contributed by atoms with Crippen molar-refractivity contribution in [3.05, 3.63) is 77.9 Å². The molecule has 0 aliphatic heterocycles. The Labute approximate surface area is 204 Å². The maximum absolute atomic E-state index is 14.4. The zero-order valence-electron chi connectivity index (χ0n) is 18.1. The number of pyridine rings is 1. The van der Waals surface area contributed by atoms with Crippen molar-refractivity contribution in [2.45, 2.75) is 13.1 Å². The zero-order chi connectivity index (χ0) is 22.1. The third-order valence-corrected chi connectivity index (χ3v) is 4.45. The molecule has 0 bridgehead atoms. The lowest BCUT2D eigenvalue weighted by molar-refractivity contribution is 0.354. The lowest BCUT2D eigenvalue weighted by Crippen LogP contribution is -2.36. The van der Waals surface area contributed by atoms with Gasteiger partial charge < -0.3 is 24.8 Å². The van der Waals surface area contributed by atoms with Crippen LogP contribution < -0.4 is 24.8 Å². The van der Waals surface area contributed by atoms with E-state index in [1.165, 1.54) is 12.3 Å². The SMILES string of the molecule is CN=C(NCc1ccc(Oc2cccnc2)c(F)c1)NCc1ccc(OC)c(OC)c1.I. The van der Waals surface area contributed by atoms with Crippen molar-refractivity contribution in [1.82, 2.24) is 15.6 Å². The molecule has 3 rings (SSSR count). The molecular formula is C23H26FIN4O3. The Balaban J connectivity index is 0.00000363. The van der Waals surface area contributed by atoms with E-state index >= 15 is 0 Å². The summed E-state index contributed by atoms with van der Waals surface area (Å²) in [6.07, 6.45) is 3.16. The molecule has 3 aromatic rings. The molecule has 0 radical (unpaired) electrons. The van der Waals surface area contributed by atoms with Crippen LogP contribution in [0.2, 0.25) is 0 Å². The van der Waals surface area contributed by atoms with Crippen LogP contribution in [-0.4, -0.2) is 32.2 Å². The fourth-order valence-corrected chi connectivity index (χ4v) is 2.85. The van der Waals surface area contributed by atoms with Crippen molar-refractivity contribution in [2.75, 3.05) is 21.3 Å². The molecule has 9 heteroatoms. The molecule has 2 N–H and O–H groups in total. The van der Waals surface area contributed by atoms with E-state index in [0.717, 1.165) is 11.1 Å². The summed E-state index contributed by atoms with van der Waals surface area (Å²) < 4.78 is 30.5. The second kappa shape index (κ2) is 12.7. The maximum atomic E-state index is 14.4. The van der Waals surface area contributed by atoms with Gasteiger partial charge in [-0.3, -0.25) is 9.98 Å². The average molecular weight is 552 g/mol. The first-order valence-corrected chi connectivity index (χ1v) is 9.64. The van der Waals surface area contributed by atoms with Gasteiger partial charge in [0.1, 0.15) is 5.75 Å². The van der Waals surface area contributed by atoms with Crippen molar-refractivity contribution >= 4 is 29.9 Å². The van der Waals surface area contributed by atoms with Gasteiger partial charge in [0.2, 0.25) is 0 Å². The van der Waals surface area contributed by atoms with Crippen LogP contribution in [0.4, 0.5) is 4.39 Å². The van der Waals surface area contributed by atoms with Gasteiger partial charge in [0.25, 0.3) is 0 Å². The van der Waals surface area contributed by atoms with Crippen molar-refractivity contribution in [1.29, 1.82) is 0 Å². The van der Waals surface area contributed by atoms with Gasteiger partial charge in [-0.05, 0) is 47.5 Å². The Bertz CT molecular complexity index is 1040. The third kappa shape index (κ3) is 6.98. The van der Waals surface area contributed by atoms with E-state index in [1.54, 1.807) is 51.7 Å². The summed E-state index contributed by atoms with van der Waals surface area (Å²) in [7, 11) is 4.87. The summed E-state index contributed by atoms with van der Waals surface area (Å²) in [4.78, 5) is 8.16. The van der Waals surface area contributed by atoms with Gasteiger partial charge in [0.15, 0.2) is 29.0 Å². The number of guanidine groups is 1. The van der Waals surface area contributed by atoms with Crippen LogP contribution in [0.15, 0.2) is 65.9 Å². The highest BCUT2D eigenvalue weighted by Gasteiger charge is 2.08. The third-order valence-electron chi connectivity index (χ3n) is 4.45. The van der Waals surface area contributed by atoms with Crippen molar-refractivity contribution in [3.8, 4) is 23.0 Å². The number of ether oxygens (including phenoxy) is 3. The number of aromatic nitrogens is 1. The fraction of sp³-hybridized carbons (Fsp3) is 0.217. The van der Waals surface area contributed by atoms with E-state index < -0.39 is 5.82 Å². The van der Waals surface area contributed by atoms with E-state index in [2.05, 4.69) is 20.6 Å². The molecule has 7 nitrogen and oxygen atoms in total. The normalized spacial score (nSPS) is 10.7. The molecule has 0 atom stereocenters. The van der Waals surface area contributed by atoms with E-state index in [9.17, 15) is 4.39 Å². The van der Waals surface area contributed by atoms with E-state index in [1.807, 2.05) is 18.2 Å². The van der Waals surface area contributed by atoms with E-state index in [-0.39, 0.29) is 29.7 Å². The summed E-state index contributed by atoms with van der Waals surface area (Å²) in [6, 6.07) is 14.0. The predicted octanol–water partition coefficient (Wildman–Crippen LogP) is 4.51. The summed E-state index contributed by atoms with van der Waals surface area (Å²) >= 11 is 0.